The number of nitrogens with one attached hydrogen (secondary N) is 1. The molecule has 0 heterocycles. The summed E-state index contributed by atoms with van der Waals surface area (Å²) in [7, 11) is 2.26. The van der Waals surface area contributed by atoms with Gasteiger partial charge in [0, 0.05) is 22.7 Å². The van der Waals surface area contributed by atoms with Crippen molar-refractivity contribution >= 4 is 21.6 Å². The maximum Gasteiger partial charge on any atom is 0.100 e. The van der Waals surface area contributed by atoms with E-state index < -0.39 is 0 Å². The van der Waals surface area contributed by atoms with Crippen LogP contribution in [0.4, 0.5) is 5.69 Å². The minimum Gasteiger partial charge on any atom is -0.385 e. The molecular weight excluding hydrogens is 326 g/mol. The molecule has 0 atom stereocenters. The van der Waals surface area contributed by atoms with Crippen molar-refractivity contribution < 1.29 is 0 Å². The summed E-state index contributed by atoms with van der Waals surface area (Å²) in [5.41, 5.74) is 1.75. The van der Waals surface area contributed by atoms with Crippen LogP contribution < -0.4 is 5.32 Å². The first-order valence-corrected chi connectivity index (χ1v) is 8.64. The molecule has 2 rings (SSSR count). The summed E-state index contributed by atoms with van der Waals surface area (Å²) in [6, 6.07) is 8.74. The molecule has 0 amide bonds. The van der Waals surface area contributed by atoms with Crippen molar-refractivity contribution in [3.05, 3.63) is 28.2 Å². The third kappa shape index (κ3) is 5.01. The molecular formula is C17H24BrN3. The number of benzene rings is 1. The molecule has 1 aliphatic carbocycles. The van der Waals surface area contributed by atoms with Crippen LogP contribution in [0.1, 0.15) is 44.1 Å². The molecule has 0 aromatic heterocycles. The van der Waals surface area contributed by atoms with Gasteiger partial charge in [0.1, 0.15) is 6.07 Å². The Balaban J connectivity index is 1.69. The summed E-state index contributed by atoms with van der Waals surface area (Å²) < 4.78 is 0.856. The summed E-state index contributed by atoms with van der Waals surface area (Å²) >= 11 is 3.42. The lowest BCUT2D eigenvalue weighted by atomic mass is 9.94. The number of nitrogens with zero attached hydrogens (tertiary/aromatic N) is 2. The molecule has 4 heteroatoms. The van der Waals surface area contributed by atoms with E-state index in [2.05, 4.69) is 39.3 Å². The fraction of sp³-hybridized carbons (Fsp3) is 0.588. The first-order valence-electron chi connectivity index (χ1n) is 7.84. The van der Waals surface area contributed by atoms with Gasteiger partial charge in [0.25, 0.3) is 0 Å². The molecule has 21 heavy (non-hydrogen) atoms. The third-order valence-corrected chi connectivity index (χ3v) is 4.96. The zero-order valence-electron chi connectivity index (χ0n) is 12.7. The minimum atomic E-state index is 0.678. The van der Waals surface area contributed by atoms with Gasteiger partial charge in [-0.05, 0) is 67.0 Å². The van der Waals surface area contributed by atoms with E-state index in [1.807, 2.05) is 18.2 Å². The highest BCUT2D eigenvalue weighted by atomic mass is 79.9. The molecule has 0 unspecified atom stereocenters. The first-order chi connectivity index (χ1) is 10.2. The second-order valence-electron chi connectivity index (χ2n) is 5.86. The Bertz CT molecular complexity index is 489. The van der Waals surface area contributed by atoms with E-state index in [0.29, 0.717) is 5.56 Å². The van der Waals surface area contributed by atoms with Crippen LogP contribution in [0.3, 0.4) is 0 Å². The van der Waals surface area contributed by atoms with Crippen molar-refractivity contribution in [2.24, 2.45) is 0 Å². The zero-order chi connectivity index (χ0) is 15.1. The third-order valence-electron chi connectivity index (χ3n) is 4.30. The number of hydrogen-bond donors (Lipinski definition) is 1. The quantitative estimate of drug-likeness (QED) is 0.774. The van der Waals surface area contributed by atoms with E-state index >= 15 is 0 Å². The fourth-order valence-corrected chi connectivity index (χ4v) is 3.45. The SMILES string of the molecule is CN(CCCNc1ccc(C#N)c(Br)c1)C1CCCCC1. The minimum absolute atomic E-state index is 0.678. The second-order valence-corrected chi connectivity index (χ2v) is 6.71. The van der Waals surface area contributed by atoms with Crippen LogP contribution in [0.2, 0.25) is 0 Å². The molecule has 0 saturated heterocycles. The zero-order valence-corrected chi connectivity index (χ0v) is 14.3. The van der Waals surface area contributed by atoms with Crippen LogP contribution in [-0.2, 0) is 0 Å². The molecule has 1 N–H and O–H groups in total. The number of anilines is 1. The summed E-state index contributed by atoms with van der Waals surface area (Å²) in [5.74, 6) is 0. The van der Waals surface area contributed by atoms with Gasteiger partial charge in [-0.15, -0.1) is 0 Å². The first kappa shape index (κ1) is 16.3. The van der Waals surface area contributed by atoms with Gasteiger partial charge in [0.15, 0.2) is 0 Å². The number of rotatable bonds is 6. The predicted molar refractivity (Wildman–Crippen MR) is 91.5 cm³/mol. The van der Waals surface area contributed by atoms with Gasteiger partial charge in [-0.1, -0.05) is 19.3 Å². The normalized spacial score (nSPS) is 15.9. The van der Waals surface area contributed by atoms with Gasteiger partial charge in [-0.3, -0.25) is 0 Å². The van der Waals surface area contributed by atoms with Gasteiger partial charge in [0.2, 0.25) is 0 Å². The topological polar surface area (TPSA) is 39.1 Å². The van der Waals surface area contributed by atoms with Crippen molar-refractivity contribution in [3.63, 3.8) is 0 Å². The van der Waals surface area contributed by atoms with Gasteiger partial charge in [0.05, 0.1) is 5.56 Å². The van der Waals surface area contributed by atoms with Crippen LogP contribution in [0, 0.1) is 11.3 Å². The highest BCUT2D eigenvalue weighted by molar-refractivity contribution is 9.10. The highest BCUT2D eigenvalue weighted by Gasteiger charge is 2.17. The lowest BCUT2D eigenvalue weighted by Crippen LogP contribution is -2.34. The molecule has 0 aliphatic heterocycles. The van der Waals surface area contributed by atoms with Crippen LogP contribution in [0.15, 0.2) is 22.7 Å². The Morgan fingerprint density at radius 2 is 2.10 bits per heavy atom. The Morgan fingerprint density at radius 3 is 2.76 bits per heavy atom. The van der Waals surface area contributed by atoms with Gasteiger partial charge in [-0.2, -0.15) is 5.26 Å². The number of halogens is 1. The van der Waals surface area contributed by atoms with E-state index in [0.717, 1.165) is 35.7 Å². The second kappa shape index (κ2) is 8.41. The van der Waals surface area contributed by atoms with Gasteiger partial charge in [-0.25, -0.2) is 0 Å². The Hall–Kier alpha value is -1.05. The van der Waals surface area contributed by atoms with Crippen molar-refractivity contribution in [1.82, 2.24) is 4.90 Å². The molecule has 1 aromatic rings. The average molecular weight is 350 g/mol. The molecule has 1 fully saturated rings. The van der Waals surface area contributed by atoms with E-state index in [9.17, 15) is 0 Å². The molecule has 1 aliphatic rings. The summed E-state index contributed by atoms with van der Waals surface area (Å²) in [4.78, 5) is 2.52. The Labute approximate surface area is 136 Å². The van der Waals surface area contributed by atoms with Crippen molar-refractivity contribution in [3.8, 4) is 6.07 Å². The van der Waals surface area contributed by atoms with Crippen LogP contribution in [0.5, 0.6) is 0 Å². The average Bonchev–Trinajstić information content (AvgIpc) is 2.52. The molecule has 1 aromatic carbocycles. The van der Waals surface area contributed by atoms with Crippen molar-refractivity contribution in [2.45, 2.75) is 44.6 Å². The molecule has 3 nitrogen and oxygen atoms in total. The van der Waals surface area contributed by atoms with Crippen LogP contribution in [0.25, 0.3) is 0 Å². The maximum absolute atomic E-state index is 8.90. The molecule has 0 radical (unpaired) electrons. The lowest BCUT2D eigenvalue weighted by molar-refractivity contribution is 0.191. The van der Waals surface area contributed by atoms with Crippen molar-refractivity contribution in [2.75, 3.05) is 25.5 Å². The van der Waals surface area contributed by atoms with E-state index in [4.69, 9.17) is 5.26 Å². The maximum atomic E-state index is 8.90. The summed E-state index contributed by atoms with van der Waals surface area (Å²) in [6.45, 7) is 2.12. The van der Waals surface area contributed by atoms with Crippen molar-refractivity contribution in [1.29, 1.82) is 5.26 Å². The smallest absolute Gasteiger partial charge is 0.100 e. The molecule has 114 valence electrons. The highest BCUT2D eigenvalue weighted by Crippen LogP contribution is 2.22. The van der Waals surface area contributed by atoms with E-state index in [1.165, 1.54) is 32.1 Å². The van der Waals surface area contributed by atoms with E-state index in [-0.39, 0.29) is 0 Å². The molecule has 0 bridgehead atoms. The van der Waals surface area contributed by atoms with Gasteiger partial charge >= 0.3 is 0 Å². The Kier molecular flexibility index (Phi) is 6.53. The van der Waals surface area contributed by atoms with Gasteiger partial charge < -0.3 is 10.2 Å². The molecule has 0 spiro atoms. The Morgan fingerprint density at radius 1 is 1.33 bits per heavy atom. The number of nitriles is 1. The number of hydrogen-bond acceptors (Lipinski definition) is 3. The van der Waals surface area contributed by atoms with Crippen LogP contribution >= 0.6 is 15.9 Å². The van der Waals surface area contributed by atoms with E-state index in [1.54, 1.807) is 0 Å². The lowest BCUT2D eigenvalue weighted by Gasteiger charge is -2.31. The van der Waals surface area contributed by atoms with Crippen LogP contribution in [-0.4, -0.2) is 31.1 Å². The largest absolute Gasteiger partial charge is 0.385 e. The monoisotopic (exact) mass is 349 g/mol. The standard InChI is InChI=1S/C17H24BrN3/c1-21(16-6-3-2-4-7-16)11-5-10-20-15-9-8-14(13-19)17(18)12-15/h8-9,12,16,20H,2-7,10-11H2,1H3. The summed E-state index contributed by atoms with van der Waals surface area (Å²) in [5, 5.41) is 12.3. The molecule has 1 saturated carbocycles. The predicted octanol–water partition coefficient (Wildman–Crippen LogP) is 4.39. The summed E-state index contributed by atoms with van der Waals surface area (Å²) in [6.07, 6.45) is 8.09. The fourth-order valence-electron chi connectivity index (χ4n) is 2.98.